The second kappa shape index (κ2) is 8.04. The Bertz CT molecular complexity index is 269. The molecule has 0 aliphatic heterocycles. The maximum Gasteiger partial charge on any atom is 0.240 e. The monoisotopic (exact) mass is 242 g/mol. The standard InChI is InChI=1S/C12H22N2O3/c1-4-12(5-2,9-13)11(16)14-7-6-10(15)8-17-3/h10,15H,4-8H2,1-3H3,(H,14,16). The molecule has 0 aromatic carbocycles. The van der Waals surface area contributed by atoms with E-state index < -0.39 is 11.5 Å². The van der Waals surface area contributed by atoms with Gasteiger partial charge in [0.15, 0.2) is 0 Å². The molecule has 0 aliphatic carbocycles. The van der Waals surface area contributed by atoms with E-state index in [-0.39, 0.29) is 12.5 Å². The molecule has 1 atom stereocenters. The quantitative estimate of drug-likeness (QED) is 0.660. The predicted octanol–water partition coefficient (Wildman–Crippen LogP) is 0.830. The van der Waals surface area contributed by atoms with E-state index in [1.54, 1.807) is 0 Å². The van der Waals surface area contributed by atoms with E-state index >= 15 is 0 Å². The van der Waals surface area contributed by atoms with E-state index in [1.807, 2.05) is 13.8 Å². The molecule has 1 amide bonds. The lowest BCUT2D eigenvalue weighted by Crippen LogP contribution is -2.40. The Hall–Kier alpha value is -1.12. The summed E-state index contributed by atoms with van der Waals surface area (Å²) >= 11 is 0. The topological polar surface area (TPSA) is 82.4 Å². The molecule has 0 spiro atoms. The summed E-state index contributed by atoms with van der Waals surface area (Å²) < 4.78 is 4.78. The highest BCUT2D eigenvalue weighted by molar-refractivity contribution is 5.85. The van der Waals surface area contributed by atoms with E-state index in [0.717, 1.165) is 0 Å². The number of ether oxygens (including phenoxy) is 1. The van der Waals surface area contributed by atoms with Gasteiger partial charge < -0.3 is 15.2 Å². The number of aliphatic hydroxyl groups excluding tert-OH is 1. The van der Waals surface area contributed by atoms with Gasteiger partial charge in [0.05, 0.1) is 18.8 Å². The molecule has 98 valence electrons. The number of nitrogens with one attached hydrogen (secondary N) is 1. The average molecular weight is 242 g/mol. The zero-order valence-corrected chi connectivity index (χ0v) is 10.8. The van der Waals surface area contributed by atoms with Crippen LogP contribution in [0.25, 0.3) is 0 Å². The fourth-order valence-corrected chi connectivity index (χ4v) is 1.58. The van der Waals surface area contributed by atoms with Gasteiger partial charge in [-0.3, -0.25) is 4.79 Å². The van der Waals surface area contributed by atoms with Crippen molar-refractivity contribution in [2.24, 2.45) is 5.41 Å². The highest BCUT2D eigenvalue weighted by Gasteiger charge is 2.34. The van der Waals surface area contributed by atoms with Gasteiger partial charge in [0.1, 0.15) is 5.41 Å². The zero-order valence-electron chi connectivity index (χ0n) is 10.8. The molecule has 17 heavy (non-hydrogen) atoms. The van der Waals surface area contributed by atoms with Crippen molar-refractivity contribution in [3.63, 3.8) is 0 Å². The van der Waals surface area contributed by atoms with Crippen LogP contribution in [0.5, 0.6) is 0 Å². The molecule has 0 aromatic heterocycles. The van der Waals surface area contributed by atoms with Crippen LogP contribution < -0.4 is 5.32 Å². The third-order valence-electron chi connectivity index (χ3n) is 2.98. The zero-order chi connectivity index (χ0) is 13.3. The molecule has 0 aliphatic rings. The van der Waals surface area contributed by atoms with Gasteiger partial charge in [0.2, 0.25) is 5.91 Å². The maximum atomic E-state index is 11.9. The summed E-state index contributed by atoms with van der Waals surface area (Å²) in [6.45, 7) is 4.26. The van der Waals surface area contributed by atoms with Crippen LogP contribution in [-0.4, -0.2) is 37.4 Å². The van der Waals surface area contributed by atoms with Gasteiger partial charge in [-0.25, -0.2) is 0 Å². The van der Waals surface area contributed by atoms with E-state index in [2.05, 4.69) is 11.4 Å². The number of carbonyl (C=O) groups excluding carboxylic acids is 1. The number of methoxy groups -OCH3 is 1. The van der Waals surface area contributed by atoms with Gasteiger partial charge in [-0.1, -0.05) is 13.8 Å². The second-order valence-electron chi connectivity index (χ2n) is 4.05. The molecule has 0 fully saturated rings. The smallest absolute Gasteiger partial charge is 0.240 e. The molecule has 0 bridgehead atoms. The van der Waals surface area contributed by atoms with Crippen LogP contribution in [0.3, 0.4) is 0 Å². The Labute approximate surface area is 103 Å². The van der Waals surface area contributed by atoms with E-state index in [0.29, 0.717) is 25.8 Å². The minimum Gasteiger partial charge on any atom is -0.391 e. The predicted molar refractivity (Wildman–Crippen MR) is 64.1 cm³/mol. The molecule has 0 radical (unpaired) electrons. The normalized spacial score (nSPS) is 12.9. The SMILES string of the molecule is CCC(C#N)(CC)C(=O)NCCC(O)COC. The Morgan fingerprint density at radius 3 is 2.53 bits per heavy atom. The summed E-state index contributed by atoms with van der Waals surface area (Å²) in [5.41, 5.74) is -0.938. The van der Waals surface area contributed by atoms with Crippen LogP contribution in [0.2, 0.25) is 0 Å². The van der Waals surface area contributed by atoms with Gasteiger partial charge in [-0.2, -0.15) is 5.26 Å². The Morgan fingerprint density at radius 1 is 1.53 bits per heavy atom. The first-order valence-corrected chi connectivity index (χ1v) is 5.92. The minimum atomic E-state index is -0.938. The molecule has 5 nitrogen and oxygen atoms in total. The fourth-order valence-electron chi connectivity index (χ4n) is 1.58. The van der Waals surface area contributed by atoms with Crippen LogP contribution in [-0.2, 0) is 9.53 Å². The molecule has 0 rings (SSSR count). The number of amides is 1. The van der Waals surface area contributed by atoms with Crippen molar-refractivity contribution in [2.45, 2.75) is 39.2 Å². The number of rotatable bonds is 8. The molecule has 1 unspecified atom stereocenters. The fraction of sp³-hybridized carbons (Fsp3) is 0.833. The van der Waals surface area contributed by atoms with Gasteiger partial charge in [-0.05, 0) is 19.3 Å². The lowest BCUT2D eigenvalue weighted by Gasteiger charge is -2.22. The highest BCUT2D eigenvalue weighted by atomic mass is 16.5. The summed E-state index contributed by atoms with van der Waals surface area (Å²) in [5.74, 6) is -0.255. The van der Waals surface area contributed by atoms with E-state index in [1.165, 1.54) is 7.11 Å². The lowest BCUT2D eigenvalue weighted by atomic mass is 9.83. The summed E-state index contributed by atoms with van der Waals surface area (Å²) in [6, 6.07) is 2.08. The first-order chi connectivity index (χ1) is 8.06. The maximum absolute atomic E-state index is 11.9. The molecule has 0 aromatic rings. The third-order valence-corrected chi connectivity index (χ3v) is 2.98. The van der Waals surface area contributed by atoms with E-state index in [4.69, 9.17) is 10.00 Å². The average Bonchev–Trinajstić information content (AvgIpc) is 2.32. The van der Waals surface area contributed by atoms with Crippen LogP contribution in [0.4, 0.5) is 0 Å². The van der Waals surface area contributed by atoms with Crippen molar-refractivity contribution in [3.8, 4) is 6.07 Å². The first-order valence-electron chi connectivity index (χ1n) is 5.92. The second-order valence-corrected chi connectivity index (χ2v) is 4.05. The van der Waals surface area contributed by atoms with Crippen molar-refractivity contribution >= 4 is 5.91 Å². The molecule has 5 heteroatoms. The Morgan fingerprint density at radius 2 is 2.12 bits per heavy atom. The van der Waals surface area contributed by atoms with Crippen molar-refractivity contribution < 1.29 is 14.6 Å². The lowest BCUT2D eigenvalue weighted by molar-refractivity contribution is -0.128. The number of hydrogen-bond acceptors (Lipinski definition) is 4. The van der Waals surface area contributed by atoms with Crippen LogP contribution >= 0.6 is 0 Å². The summed E-state index contributed by atoms with van der Waals surface area (Å²) in [7, 11) is 1.51. The van der Waals surface area contributed by atoms with Crippen molar-refractivity contribution in [1.29, 1.82) is 5.26 Å². The number of nitrogens with zero attached hydrogens (tertiary/aromatic N) is 1. The molecule has 0 saturated carbocycles. The molecular formula is C12H22N2O3. The van der Waals surface area contributed by atoms with Crippen LogP contribution in [0.15, 0.2) is 0 Å². The van der Waals surface area contributed by atoms with Crippen molar-refractivity contribution in [2.75, 3.05) is 20.3 Å². The summed E-state index contributed by atoms with van der Waals surface area (Å²) in [4.78, 5) is 11.9. The van der Waals surface area contributed by atoms with Gasteiger partial charge in [0.25, 0.3) is 0 Å². The van der Waals surface area contributed by atoms with E-state index in [9.17, 15) is 9.90 Å². The minimum absolute atomic E-state index is 0.251. The van der Waals surface area contributed by atoms with Crippen LogP contribution in [0, 0.1) is 16.7 Å². The molecule has 2 N–H and O–H groups in total. The number of aliphatic hydroxyl groups is 1. The highest BCUT2D eigenvalue weighted by Crippen LogP contribution is 2.25. The number of nitriles is 1. The largest absolute Gasteiger partial charge is 0.391 e. The Balaban J connectivity index is 4.13. The van der Waals surface area contributed by atoms with Gasteiger partial charge >= 0.3 is 0 Å². The molecule has 0 saturated heterocycles. The van der Waals surface area contributed by atoms with Crippen molar-refractivity contribution in [1.82, 2.24) is 5.32 Å². The molecular weight excluding hydrogens is 220 g/mol. The summed E-state index contributed by atoms with van der Waals surface area (Å²) in [6.07, 6.45) is 0.827. The number of carbonyl (C=O) groups is 1. The molecule has 0 heterocycles. The number of hydrogen-bond donors (Lipinski definition) is 2. The van der Waals surface area contributed by atoms with Crippen LogP contribution in [0.1, 0.15) is 33.1 Å². The Kier molecular flexibility index (Phi) is 7.51. The van der Waals surface area contributed by atoms with Gasteiger partial charge in [-0.15, -0.1) is 0 Å². The first kappa shape index (κ1) is 15.9. The van der Waals surface area contributed by atoms with Gasteiger partial charge in [0, 0.05) is 13.7 Å². The third kappa shape index (κ3) is 4.72. The summed E-state index contributed by atoms with van der Waals surface area (Å²) in [5, 5.41) is 21.1. The van der Waals surface area contributed by atoms with Crippen molar-refractivity contribution in [3.05, 3.63) is 0 Å².